The Balaban J connectivity index is 1.62. The van der Waals surface area contributed by atoms with E-state index in [2.05, 4.69) is 41.4 Å². The van der Waals surface area contributed by atoms with Crippen LogP contribution in [0.2, 0.25) is 5.02 Å². The van der Waals surface area contributed by atoms with Crippen LogP contribution in [0.1, 0.15) is 12.5 Å². The molecular formula is C19H20ClN3S2. The molecule has 1 fully saturated rings. The Morgan fingerprint density at radius 3 is 2.68 bits per heavy atom. The first-order valence-corrected chi connectivity index (χ1v) is 9.88. The molecule has 0 amide bonds. The average molecular weight is 390 g/mol. The molecule has 130 valence electrons. The molecule has 2 aromatic rings. The molecule has 0 bridgehead atoms. The fourth-order valence-electron chi connectivity index (χ4n) is 2.55. The summed E-state index contributed by atoms with van der Waals surface area (Å²) >= 11 is 13.3. The van der Waals surface area contributed by atoms with Gasteiger partial charge in [-0.2, -0.15) is 0 Å². The van der Waals surface area contributed by atoms with E-state index < -0.39 is 0 Å². The lowest BCUT2D eigenvalue weighted by molar-refractivity contribution is 0.613. The van der Waals surface area contributed by atoms with Crippen LogP contribution in [0, 0.1) is 0 Å². The molecule has 3 nitrogen and oxygen atoms in total. The molecule has 1 saturated heterocycles. The van der Waals surface area contributed by atoms with E-state index in [4.69, 9.17) is 28.8 Å². The van der Waals surface area contributed by atoms with Crippen LogP contribution in [0.25, 0.3) is 0 Å². The number of halogens is 1. The second-order valence-electron chi connectivity index (χ2n) is 5.88. The zero-order valence-electron chi connectivity index (χ0n) is 14.0. The minimum atomic E-state index is 0.458. The van der Waals surface area contributed by atoms with Gasteiger partial charge in [0.05, 0.1) is 5.69 Å². The molecule has 0 spiro atoms. The van der Waals surface area contributed by atoms with E-state index >= 15 is 0 Å². The quantitative estimate of drug-likeness (QED) is 0.754. The van der Waals surface area contributed by atoms with Crippen LogP contribution in [0.3, 0.4) is 0 Å². The molecule has 3 rings (SSSR count). The maximum Gasteiger partial charge on any atom is 0.175 e. The molecular weight excluding hydrogens is 370 g/mol. The molecule has 1 aliphatic heterocycles. The standard InChI is InChI=1S/C19H20ClN3S2/c1-14-13-23(18(24)21-12-11-15-5-3-2-4-6-15)19(25-14)22-17-9-7-16(20)8-10-17/h2-10,14H,11-13H2,1H3,(H,21,24)/t14-/m1/s1. The van der Waals surface area contributed by atoms with Crippen LogP contribution < -0.4 is 5.32 Å². The highest BCUT2D eigenvalue weighted by atomic mass is 35.5. The first-order chi connectivity index (χ1) is 12.1. The van der Waals surface area contributed by atoms with Gasteiger partial charge in [-0.05, 0) is 48.5 Å². The maximum atomic E-state index is 5.94. The van der Waals surface area contributed by atoms with Crippen LogP contribution in [0.4, 0.5) is 5.69 Å². The zero-order valence-corrected chi connectivity index (χ0v) is 16.4. The Kier molecular flexibility index (Phi) is 6.34. The fourth-order valence-corrected chi connectivity index (χ4v) is 4.03. The second kappa shape index (κ2) is 8.70. The van der Waals surface area contributed by atoms with Gasteiger partial charge in [0, 0.05) is 23.4 Å². The van der Waals surface area contributed by atoms with Crippen molar-refractivity contribution in [1.29, 1.82) is 0 Å². The second-order valence-corrected chi connectivity index (χ2v) is 8.11. The molecule has 0 saturated carbocycles. The number of thioether (sulfide) groups is 1. The van der Waals surface area contributed by atoms with Crippen LogP contribution >= 0.6 is 35.6 Å². The van der Waals surface area contributed by atoms with Crippen molar-refractivity contribution >= 4 is 51.5 Å². The summed E-state index contributed by atoms with van der Waals surface area (Å²) in [7, 11) is 0. The molecule has 6 heteroatoms. The number of hydrogen-bond donors (Lipinski definition) is 1. The van der Waals surface area contributed by atoms with Crippen molar-refractivity contribution in [3.8, 4) is 0 Å². The monoisotopic (exact) mass is 389 g/mol. The topological polar surface area (TPSA) is 27.6 Å². The summed E-state index contributed by atoms with van der Waals surface area (Å²) in [5.74, 6) is 0. The van der Waals surface area contributed by atoms with Crippen molar-refractivity contribution in [2.45, 2.75) is 18.6 Å². The third-order valence-electron chi connectivity index (χ3n) is 3.81. The number of nitrogens with zero attached hydrogens (tertiary/aromatic N) is 2. The van der Waals surface area contributed by atoms with Gasteiger partial charge >= 0.3 is 0 Å². The van der Waals surface area contributed by atoms with Gasteiger partial charge in [0.1, 0.15) is 0 Å². The normalized spacial score (nSPS) is 18.6. The van der Waals surface area contributed by atoms with Crippen molar-refractivity contribution in [3.05, 3.63) is 65.2 Å². The molecule has 0 aliphatic carbocycles. The molecule has 2 aromatic carbocycles. The van der Waals surface area contributed by atoms with Gasteiger partial charge < -0.3 is 5.32 Å². The first kappa shape index (κ1) is 18.2. The average Bonchev–Trinajstić information content (AvgIpc) is 2.98. The minimum Gasteiger partial charge on any atom is -0.362 e. The Bertz CT molecular complexity index is 747. The van der Waals surface area contributed by atoms with Gasteiger partial charge in [0.2, 0.25) is 0 Å². The van der Waals surface area contributed by atoms with Gasteiger partial charge in [-0.25, -0.2) is 4.99 Å². The van der Waals surface area contributed by atoms with E-state index in [1.165, 1.54) is 5.56 Å². The summed E-state index contributed by atoms with van der Waals surface area (Å²) in [4.78, 5) is 6.83. The summed E-state index contributed by atoms with van der Waals surface area (Å²) in [6.07, 6.45) is 0.946. The predicted molar refractivity (Wildman–Crippen MR) is 113 cm³/mol. The summed E-state index contributed by atoms with van der Waals surface area (Å²) in [6, 6.07) is 18.0. The van der Waals surface area contributed by atoms with Crippen LogP contribution in [0.5, 0.6) is 0 Å². The fraction of sp³-hybridized carbons (Fsp3) is 0.263. The van der Waals surface area contributed by atoms with Crippen molar-refractivity contribution in [2.24, 2.45) is 4.99 Å². The van der Waals surface area contributed by atoms with Crippen LogP contribution in [0.15, 0.2) is 59.6 Å². The number of rotatable bonds is 4. The van der Waals surface area contributed by atoms with Crippen LogP contribution in [-0.2, 0) is 6.42 Å². The van der Waals surface area contributed by atoms with E-state index in [9.17, 15) is 0 Å². The van der Waals surface area contributed by atoms with Crippen molar-refractivity contribution in [1.82, 2.24) is 10.2 Å². The number of nitrogens with one attached hydrogen (secondary N) is 1. The summed E-state index contributed by atoms with van der Waals surface area (Å²) in [6.45, 7) is 3.87. The van der Waals surface area contributed by atoms with Crippen LogP contribution in [-0.4, -0.2) is 33.5 Å². The predicted octanol–water partition coefficient (Wildman–Crippen LogP) is 4.88. The largest absolute Gasteiger partial charge is 0.362 e. The highest BCUT2D eigenvalue weighted by Gasteiger charge is 2.28. The van der Waals surface area contributed by atoms with Gasteiger partial charge in [0.25, 0.3) is 0 Å². The van der Waals surface area contributed by atoms with E-state index in [1.807, 2.05) is 30.3 Å². The SMILES string of the molecule is C[C@@H]1CN(C(=S)NCCc2ccccc2)C(=Nc2ccc(Cl)cc2)S1. The van der Waals surface area contributed by atoms with E-state index in [0.29, 0.717) is 10.3 Å². The molecule has 1 aliphatic rings. The maximum absolute atomic E-state index is 5.94. The molecule has 25 heavy (non-hydrogen) atoms. The number of amidine groups is 1. The summed E-state index contributed by atoms with van der Waals surface area (Å²) < 4.78 is 0. The zero-order chi connectivity index (χ0) is 17.6. The molecule has 0 unspecified atom stereocenters. The lowest BCUT2D eigenvalue weighted by Gasteiger charge is -2.20. The summed E-state index contributed by atoms with van der Waals surface area (Å²) in [5.41, 5.74) is 2.19. The Hall–Kier alpha value is -1.56. The highest BCUT2D eigenvalue weighted by molar-refractivity contribution is 8.14. The molecule has 0 radical (unpaired) electrons. The van der Waals surface area contributed by atoms with Crippen molar-refractivity contribution in [3.63, 3.8) is 0 Å². The first-order valence-electron chi connectivity index (χ1n) is 8.22. The Morgan fingerprint density at radius 2 is 1.96 bits per heavy atom. The lowest BCUT2D eigenvalue weighted by atomic mass is 10.1. The Labute approximate surface area is 163 Å². The number of aliphatic imine (C=N–C) groups is 1. The molecule has 1 atom stereocenters. The number of thiocarbonyl (C=S) groups is 1. The molecule has 1 heterocycles. The van der Waals surface area contributed by atoms with Gasteiger partial charge in [-0.15, -0.1) is 0 Å². The number of benzene rings is 2. The smallest absolute Gasteiger partial charge is 0.175 e. The van der Waals surface area contributed by atoms with Gasteiger partial charge in [-0.1, -0.05) is 60.6 Å². The van der Waals surface area contributed by atoms with E-state index in [-0.39, 0.29) is 0 Å². The molecule has 0 aromatic heterocycles. The number of hydrogen-bond acceptors (Lipinski definition) is 3. The van der Waals surface area contributed by atoms with Crippen molar-refractivity contribution in [2.75, 3.05) is 13.1 Å². The van der Waals surface area contributed by atoms with Gasteiger partial charge in [-0.3, -0.25) is 4.90 Å². The minimum absolute atomic E-state index is 0.458. The Morgan fingerprint density at radius 1 is 1.24 bits per heavy atom. The van der Waals surface area contributed by atoms with E-state index in [1.54, 1.807) is 11.8 Å². The highest BCUT2D eigenvalue weighted by Crippen LogP contribution is 2.28. The van der Waals surface area contributed by atoms with Crippen molar-refractivity contribution < 1.29 is 0 Å². The third kappa shape index (κ3) is 5.21. The molecule has 1 N–H and O–H groups in total. The summed E-state index contributed by atoms with van der Waals surface area (Å²) in [5, 5.41) is 6.21. The van der Waals surface area contributed by atoms with Gasteiger partial charge in [0.15, 0.2) is 10.3 Å². The van der Waals surface area contributed by atoms with E-state index in [0.717, 1.165) is 35.5 Å². The lowest BCUT2D eigenvalue weighted by Crippen LogP contribution is -2.41. The third-order valence-corrected chi connectivity index (χ3v) is 5.50.